The fourth-order valence-corrected chi connectivity index (χ4v) is 2.77. The number of anilines is 1. The highest BCUT2D eigenvalue weighted by Crippen LogP contribution is 2.18. The normalized spacial score (nSPS) is 10.3. The molecule has 1 heterocycles. The summed E-state index contributed by atoms with van der Waals surface area (Å²) in [5.74, 6) is -1.70. The number of amides is 1. The summed E-state index contributed by atoms with van der Waals surface area (Å²) < 4.78 is 18.4. The Kier molecular flexibility index (Phi) is 6.55. The average Bonchev–Trinajstić information content (AvgIpc) is 3.01. The number of esters is 1. The number of hydrogen-bond acceptors (Lipinski definition) is 4. The van der Waals surface area contributed by atoms with Crippen molar-refractivity contribution in [2.45, 2.75) is 19.3 Å². The number of ether oxygens (including phenoxy) is 1. The first-order valence-corrected chi connectivity index (χ1v) is 8.23. The number of hydrogen-bond donors (Lipinski definition) is 1. The topological polar surface area (TPSA) is 55.4 Å². The lowest BCUT2D eigenvalue weighted by atomic mass is 10.2. The molecule has 1 N–H and O–H groups in total. The zero-order valence-corrected chi connectivity index (χ0v) is 13.8. The van der Waals surface area contributed by atoms with Crippen LogP contribution >= 0.6 is 22.9 Å². The minimum atomic E-state index is -0.645. The minimum Gasteiger partial charge on any atom is -0.456 e. The molecule has 1 amide bonds. The van der Waals surface area contributed by atoms with Crippen LogP contribution in [0.5, 0.6) is 0 Å². The van der Waals surface area contributed by atoms with E-state index in [-0.39, 0.29) is 17.1 Å². The molecule has 0 radical (unpaired) electrons. The molecule has 2 aromatic rings. The summed E-state index contributed by atoms with van der Waals surface area (Å²) in [6.45, 7) is -0.445. The largest absolute Gasteiger partial charge is 0.456 e. The van der Waals surface area contributed by atoms with E-state index in [1.54, 1.807) is 11.3 Å². The van der Waals surface area contributed by atoms with Crippen molar-refractivity contribution in [3.05, 3.63) is 51.4 Å². The molecule has 0 saturated heterocycles. The molecule has 122 valence electrons. The molecular formula is C16H15ClFNO3S. The van der Waals surface area contributed by atoms with E-state index in [4.69, 9.17) is 16.3 Å². The molecule has 7 heteroatoms. The van der Waals surface area contributed by atoms with Gasteiger partial charge in [0.25, 0.3) is 5.91 Å². The Bertz CT molecular complexity index is 676. The summed E-state index contributed by atoms with van der Waals surface area (Å²) >= 11 is 7.26. The van der Waals surface area contributed by atoms with E-state index < -0.39 is 24.3 Å². The molecule has 1 aromatic carbocycles. The van der Waals surface area contributed by atoms with Crippen LogP contribution in [0.15, 0.2) is 35.7 Å². The van der Waals surface area contributed by atoms with Gasteiger partial charge < -0.3 is 10.1 Å². The molecule has 0 aliphatic rings. The fraction of sp³-hybridized carbons (Fsp3) is 0.250. The molecule has 0 aliphatic carbocycles. The van der Waals surface area contributed by atoms with Crippen LogP contribution in [0.25, 0.3) is 0 Å². The van der Waals surface area contributed by atoms with Gasteiger partial charge in [0.1, 0.15) is 5.82 Å². The number of rotatable bonds is 7. The summed E-state index contributed by atoms with van der Waals surface area (Å²) in [5.41, 5.74) is -0.00635. The second-order valence-corrected chi connectivity index (χ2v) is 6.23. The van der Waals surface area contributed by atoms with Crippen LogP contribution in [0.3, 0.4) is 0 Å². The predicted octanol–water partition coefficient (Wildman–Crippen LogP) is 4.05. The molecule has 0 fully saturated rings. The van der Waals surface area contributed by atoms with Crippen LogP contribution in [0.4, 0.5) is 10.1 Å². The molecule has 23 heavy (non-hydrogen) atoms. The van der Waals surface area contributed by atoms with Crippen molar-refractivity contribution in [2.75, 3.05) is 11.9 Å². The van der Waals surface area contributed by atoms with Crippen LogP contribution in [0, 0.1) is 5.82 Å². The highest BCUT2D eigenvalue weighted by atomic mass is 35.5. The van der Waals surface area contributed by atoms with E-state index in [9.17, 15) is 14.0 Å². The molecular weight excluding hydrogens is 341 g/mol. The second-order valence-electron chi connectivity index (χ2n) is 4.77. The van der Waals surface area contributed by atoms with Gasteiger partial charge in [-0.05, 0) is 42.5 Å². The van der Waals surface area contributed by atoms with Gasteiger partial charge in [0.05, 0.1) is 5.69 Å². The lowest BCUT2D eigenvalue weighted by molar-refractivity contribution is -0.147. The van der Waals surface area contributed by atoms with E-state index in [0.29, 0.717) is 6.42 Å². The molecule has 0 atom stereocenters. The van der Waals surface area contributed by atoms with Crippen molar-refractivity contribution in [2.24, 2.45) is 0 Å². The molecule has 1 aromatic heterocycles. The number of thiophene rings is 1. The Morgan fingerprint density at radius 2 is 2.13 bits per heavy atom. The Morgan fingerprint density at radius 3 is 2.83 bits per heavy atom. The highest BCUT2D eigenvalue weighted by Gasteiger charge is 2.10. The van der Waals surface area contributed by atoms with Gasteiger partial charge in [0.15, 0.2) is 6.61 Å². The highest BCUT2D eigenvalue weighted by molar-refractivity contribution is 7.09. The van der Waals surface area contributed by atoms with Gasteiger partial charge >= 0.3 is 5.97 Å². The Balaban J connectivity index is 1.68. The molecule has 0 spiro atoms. The van der Waals surface area contributed by atoms with Gasteiger partial charge in [0.2, 0.25) is 0 Å². The van der Waals surface area contributed by atoms with Crippen molar-refractivity contribution >= 4 is 40.5 Å². The lowest BCUT2D eigenvalue weighted by Gasteiger charge is -2.07. The lowest BCUT2D eigenvalue weighted by Crippen LogP contribution is -2.21. The van der Waals surface area contributed by atoms with Gasteiger partial charge in [-0.1, -0.05) is 17.7 Å². The van der Waals surface area contributed by atoms with Gasteiger partial charge in [0, 0.05) is 16.3 Å². The van der Waals surface area contributed by atoms with E-state index in [1.807, 2.05) is 17.5 Å². The third-order valence-corrected chi connectivity index (χ3v) is 4.12. The molecule has 4 nitrogen and oxygen atoms in total. The first kappa shape index (κ1) is 17.4. The third kappa shape index (κ3) is 6.00. The number of aryl methyl sites for hydroxylation is 1. The standard InChI is InChI=1S/C16H15ClFNO3S/c17-11-6-7-14(13(18)9-11)19-15(20)10-22-16(21)5-1-3-12-4-2-8-23-12/h2,4,6-9H,1,3,5,10H2,(H,19,20). The number of carbonyl (C=O) groups excluding carboxylic acids is 2. The van der Waals surface area contributed by atoms with Crippen molar-refractivity contribution in [3.8, 4) is 0 Å². The van der Waals surface area contributed by atoms with Gasteiger partial charge in [-0.25, -0.2) is 4.39 Å². The monoisotopic (exact) mass is 355 g/mol. The summed E-state index contributed by atoms with van der Waals surface area (Å²) in [6, 6.07) is 7.85. The summed E-state index contributed by atoms with van der Waals surface area (Å²) in [7, 11) is 0. The molecule has 0 saturated carbocycles. The van der Waals surface area contributed by atoms with E-state index in [2.05, 4.69) is 5.32 Å². The quantitative estimate of drug-likeness (QED) is 0.762. The van der Waals surface area contributed by atoms with Crippen LogP contribution in [0.2, 0.25) is 5.02 Å². The van der Waals surface area contributed by atoms with Gasteiger partial charge in [-0.3, -0.25) is 9.59 Å². The zero-order valence-electron chi connectivity index (χ0n) is 12.2. The Morgan fingerprint density at radius 1 is 1.30 bits per heavy atom. The van der Waals surface area contributed by atoms with Crippen molar-refractivity contribution in [1.82, 2.24) is 0 Å². The molecule has 2 rings (SSSR count). The predicted molar refractivity (Wildman–Crippen MR) is 88.3 cm³/mol. The number of carbonyl (C=O) groups is 2. The number of halogens is 2. The van der Waals surface area contributed by atoms with Crippen LogP contribution in [-0.4, -0.2) is 18.5 Å². The first-order chi connectivity index (χ1) is 11.0. The average molecular weight is 356 g/mol. The smallest absolute Gasteiger partial charge is 0.306 e. The Labute approximate surface area is 142 Å². The SMILES string of the molecule is O=C(COC(=O)CCCc1cccs1)Nc1ccc(Cl)cc1F. The number of nitrogens with one attached hydrogen (secondary N) is 1. The van der Waals surface area contributed by atoms with Crippen molar-refractivity contribution in [1.29, 1.82) is 0 Å². The van der Waals surface area contributed by atoms with E-state index >= 15 is 0 Å². The van der Waals surface area contributed by atoms with Crippen molar-refractivity contribution < 1.29 is 18.7 Å². The summed E-state index contributed by atoms with van der Waals surface area (Å²) in [6.07, 6.45) is 1.70. The fourth-order valence-electron chi connectivity index (χ4n) is 1.86. The van der Waals surface area contributed by atoms with E-state index in [0.717, 1.165) is 12.5 Å². The third-order valence-electron chi connectivity index (χ3n) is 2.95. The van der Waals surface area contributed by atoms with Crippen LogP contribution in [0.1, 0.15) is 17.7 Å². The van der Waals surface area contributed by atoms with Crippen LogP contribution < -0.4 is 5.32 Å². The maximum Gasteiger partial charge on any atom is 0.306 e. The second kappa shape index (κ2) is 8.64. The molecule has 0 unspecified atom stereocenters. The number of benzene rings is 1. The maximum absolute atomic E-state index is 13.5. The van der Waals surface area contributed by atoms with Crippen molar-refractivity contribution in [3.63, 3.8) is 0 Å². The molecule has 0 bridgehead atoms. The maximum atomic E-state index is 13.5. The summed E-state index contributed by atoms with van der Waals surface area (Å²) in [4.78, 5) is 24.4. The minimum absolute atomic E-state index is 0.00635. The van der Waals surface area contributed by atoms with Crippen LogP contribution in [-0.2, 0) is 20.7 Å². The Hall–Kier alpha value is -1.92. The van der Waals surface area contributed by atoms with E-state index in [1.165, 1.54) is 17.0 Å². The zero-order chi connectivity index (χ0) is 16.7. The van der Waals surface area contributed by atoms with Gasteiger partial charge in [-0.15, -0.1) is 11.3 Å². The van der Waals surface area contributed by atoms with Gasteiger partial charge in [-0.2, -0.15) is 0 Å². The first-order valence-electron chi connectivity index (χ1n) is 6.97. The molecule has 0 aliphatic heterocycles. The summed E-state index contributed by atoms with van der Waals surface area (Å²) in [5, 5.41) is 4.54.